The van der Waals surface area contributed by atoms with Gasteiger partial charge in [-0.15, -0.1) is 0 Å². The van der Waals surface area contributed by atoms with Crippen molar-refractivity contribution in [3.05, 3.63) is 0 Å². The maximum Gasteiger partial charge on any atom is 0.303 e. The minimum Gasteiger partial charge on any atom is -0.481 e. The van der Waals surface area contributed by atoms with E-state index in [-0.39, 0.29) is 6.10 Å². The average molecular weight is 371 g/mol. The Morgan fingerprint density at radius 2 is 0.962 bits per heavy atom. The molecule has 0 aromatic carbocycles. The Labute approximate surface area is 163 Å². The molecule has 0 radical (unpaired) electrons. The lowest BCUT2D eigenvalue weighted by Crippen LogP contribution is -2.05. The van der Waals surface area contributed by atoms with Crippen LogP contribution in [0.25, 0.3) is 0 Å². The summed E-state index contributed by atoms with van der Waals surface area (Å²) in [7, 11) is 0. The van der Waals surface area contributed by atoms with Crippen molar-refractivity contribution in [2.75, 3.05) is 0 Å². The molecule has 0 aromatic heterocycles. The Morgan fingerprint density at radius 1 is 0.615 bits per heavy atom. The molecule has 0 bridgehead atoms. The minimum absolute atomic E-state index is 0.0567. The van der Waals surface area contributed by atoms with E-state index in [1.807, 2.05) is 0 Å². The SMILES string of the molecule is CCCCCC(O)CCCCCCCCCCCCCCCCC(=O)O. The van der Waals surface area contributed by atoms with Crippen molar-refractivity contribution in [2.45, 2.75) is 141 Å². The summed E-state index contributed by atoms with van der Waals surface area (Å²) >= 11 is 0. The summed E-state index contributed by atoms with van der Waals surface area (Å²) < 4.78 is 0. The summed E-state index contributed by atoms with van der Waals surface area (Å²) in [5.74, 6) is -0.662. The van der Waals surface area contributed by atoms with Crippen molar-refractivity contribution in [2.24, 2.45) is 0 Å². The molecule has 1 atom stereocenters. The predicted molar refractivity (Wildman–Crippen MR) is 112 cm³/mol. The van der Waals surface area contributed by atoms with Crippen LogP contribution in [-0.4, -0.2) is 22.3 Å². The Balaban J connectivity index is 3.08. The van der Waals surface area contributed by atoms with Crippen molar-refractivity contribution in [3.8, 4) is 0 Å². The lowest BCUT2D eigenvalue weighted by Gasteiger charge is -2.09. The highest BCUT2D eigenvalue weighted by atomic mass is 16.4. The van der Waals surface area contributed by atoms with Gasteiger partial charge in [0, 0.05) is 6.42 Å². The van der Waals surface area contributed by atoms with Gasteiger partial charge >= 0.3 is 5.97 Å². The molecular formula is C23H46O3. The molecule has 26 heavy (non-hydrogen) atoms. The minimum atomic E-state index is -0.662. The van der Waals surface area contributed by atoms with Gasteiger partial charge in [-0.3, -0.25) is 4.79 Å². The quantitative estimate of drug-likeness (QED) is 0.209. The molecule has 0 saturated heterocycles. The number of hydrogen-bond acceptors (Lipinski definition) is 2. The van der Waals surface area contributed by atoms with Gasteiger partial charge < -0.3 is 10.2 Å². The first-order valence-corrected chi connectivity index (χ1v) is 11.6. The standard InChI is InChI=1S/C23H46O3/c1-2-3-16-19-22(24)20-17-14-12-10-8-6-4-5-7-9-11-13-15-18-21-23(25)26/h22,24H,2-21H2,1H3,(H,25,26). The van der Waals surface area contributed by atoms with E-state index >= 15 is 0 Å². The highest BCUT2D eigenvalue weighted by Gasteiger charge is 2.03. The molecule has 3 nitrogen and oxygen atoms in total. The van der Waals surface area contributed by atoms with Crippen LogP contribution in [-0.2, 0) is 4.79 Å². The molecular weight excluding hydrogens is 324 g/mol. The van der Waals surface area contributed by atoms with Crippen LogP contribution in [0.5, 0.6) is 0 Å². The molecule has 0 heterocycles. The third kappa shape index (κ3) is 21.5. The van der Waals surface area contributed by atoms with E-state index in [4.69, 9.17) is 5.11 Å². The van der Waals surface area contributed by atoms with E-state index in [9.17, 15) is 9.90 Å². The summed E-state index contributed by atoms with van der Waals surface area (Å²) in [4.78, 5) is 10.4. The molecule has 3 heteroatoms. The number of carboxylic acids is 1. The van der Waals surface area contributed by atoms with Crippen molar-refractivity contribution in [3.63, 3.8) is 0 Å². The van der Waals surface area contributed by atoms with Crippen LogP contribution in [0.15, 0.2) is 0 Å². The third-order valence-corrected chi connectivity index (χ3v) is 5.32. The van der Waals surface area contributed by atoms with Gasteiger partial charge in [0.25, 0.3) is 0 Å². The van der Waals surface area contributed by atoms with Gasteiger partial charge in [0.15, 0.2) is 0 Å². The summed E-state index contributed by atoms with van der Waals surface area (Å²) in [6.45, 7) is 2.21. The number of rotatable bonds is 21. The summed E-state index contributed by atoms with van der Waals surface area (Å²) in [6, 6.07) is 0. The van der Waals surface area contributed by atoms with E-state index in [2.05, 4.69) is 6.92 Å². The zero-order valence-corrected chi connectivity index (χ0v) is 17.5. The molecule has 0 aliphatic rings. The maximum atomic E-state index is 10.4. The van der Waals surface area contributed by atoms with E-state index in [1.54, 1.807) is 0 Å². The molecule has 0 fully saturated rings. The van der Waals surface area contributed by atoms with Gasteiger partial charge in [-0.2, -0.15) is 0 Å². The highest BCUT2D eigenvalue weighted by Crippen LogP contribution is 2.15. The summed E-state index contributed by atoms with van der Waals surface area (Å²) in [5, 5.41) is 18.4. The fraction of sp³-hybridized carbons (Fsp3) is 0.957. The third-order valence-electron chi connectivity index (χ3n) is 5.32. The topological polar surface area (TPSA) is 57.5 Å². The molecule has 1 unspecified atom stereocenters. The van der Waals surface area contributed by atoms with Crippen LogP contribution < -0.4 is 0 Å². The molecule has 0 saturated carbocycles. The molecule has 0 spiro atoms. The van der Waals surface area contributed by atoms with Crippen LogP contribution in [0, 0.1) is 0 Å². The normalized spacial score (nSPS) is 12.4. The smallest absolute Gasteiger partial charge is 0.303 e. The van der Waals surface area contributed by atoms with Crippen LogP contribution in [0.1, 0.15) is 135 Å². The lowest BCUT2D eigenvalue weighted by atomic mass is 10.0. The van der Waals surface area contributed by atoms with E-state index in [0.29, 0.717) is 6.42 Å². The second-order valence-corrected chi connectivity index (χ2v) is 8.03. The molecule has 0 aliphatic heterocycles. The monoisotopic (exact) mass is 370 g/mol. The van der Waals surface area contributed by atoms with Crippen molar-refractivity contribution in [1.82, 2.24) is 0 Å². The second kappa shape index (κ2) is 20.7. The number of carboxylic acid groups (broad SMARTS) is 1. The van der Waals surface area contributed by atoms with Gasteiger partial charge in [-0.05, 0) is 19.3 Å². The number of carbonyl (C=O) groups is 1. The fourth-order valence-electron chi connectivity index (χ4n) is 3.55. The van der Waals surface area contributed by atoms with Crippen molar-refractivity contribution < 1.29 is 15.0 Å². The van der Waals surface area contributed by atoms with Gasteiger partial charge in [0.1, 0.15) is 0 Å². The number of unbranched alkanes of at least 4 members (excludes halogenated alkanes) is 15. The predicted octanol–water partition coefficient (Wildman–Crippen LogP) is 7.25. The highest BCUT2D eigenvalue weighted by molar-refractivity contribution is 5.66. The molecule has 0 aliphatic carbocycles. The van der Waals surface area contributed by atoms with Crippen LogP contribution in [0.3, 0.4) is 0 Å². The Hall–Kier alpha value is -0.570. The van der Waals surface area contributed by atoms with Gasteiger partial charge in [-0.25, -0.2) is 0 Å². The first-order valence-electron chi connectivity index (χ1n) is 11.6. The van der Waals surface area contributed by atoms with Crippen LogP contribution in [0.4, 0.5) is 0 Å². The zero-order valence-electron chi connectivity index (χ0n) is 17.5. The van der Waals surface area contributed by atoms with Crippen LogP contribution >= 0.6 is 0 Å². The van der Waals surface area contributed by atoms with Crippen LogP contribution in [0.2, 0.25) is 0 Å². The van der Waals surface area contributed by atoms with Gasteiger partial charge in [0.05, 0.1) is 6.10 Å². The number of aliphatic hydroxyl groups excluding tert-OH is 1. The molecule has 0 aromatic rings. The molecule has 0 rings (SSSR count). The summed E-state index contributed by atoms with van der Waals surface area (Å²) in [6.07, 6.45) is 23.6. The van der Waals surface area contributed by atoms with E-state index in [0.717, 1.165) is 25.7 Å². The molecule has 2 N–H and O–H groups in total. The number of aliphatic carboxylic acids is 1. The fourth-order valence-corrected chi connectivity index (χ4v) is 3.55. The first-order chi connectivity index (χ1) is 12.7. The maximum absolute atomic E-state index is 10.4. The number of aliphatic hydroxyl groups is 1. The van der Waals surface area contributed by atoms with Crippen molar-refractivity contribution >= 4 is 5.97 Å². The Morgan fingerprint density at radius 3 is 1.35 bits per heavy atom. The largest absolute Gasteiger partial charge is 0.481 e. The van der Waals surface area contributed by atoms with Gasteiger partial charge in [-0.1, -0.05) is 110 Å². The second-order valence-electron chi connectivity index (χ2n) is 8.03. The van der Waals surface area contributed by atoms with Gasteiger partial charge in [0.2, 0.25) is 0 Å². The van der Waals surface area contributed by atoms with E-state index < -0.39 is 5.97 Å². The molecule has 0 amide bonds. The first kappa shape index (κ1) is 25.4. The van der Waals surface area contributed by atoms with E-state index in [1.165, 1.54) is 96.3 Å². The Kier molecular flexibility index (Phi) is 20.3. The zero-order chi connectivity index (χ0) is 19.3. The number of hydrogen-bond donors (Lipinski definition) is 2. The lowest BCUT2D eigenvalue weighted by molar-refractivity contribution is -0.137. The molecule has 156 valence electrons. The Bertz CT molecular complexity index is 291. The van der Waals surface area contributed by atoms with Crippen molar-refractivity contribution in [1.29, 1.82) is 0 Å². The summed E-state index contributed by atoms with van der Waals surface area (Å²) in [5.41, 5.74) is 0. The average Bonchev–Trinajstić information content (AvgIpc) is 2.61.